The first-order valence-electron chi connectivity index (χ1n) is 6.68. The molecule has 2 saturated carbocycles. The lowest BCUT2D eigenvalue weighted by molar-refractivity contribution is -0.132. The fourth-order valence-electron chi connectivity index (χ4n) is 3.82. The van der Waals surface area contributed by atoms with Gasteiger partial charge in [-0.25, -0.2) is 0 Å². The van der Waals surface area contributed by atoms with E-state index in [0.29, 0.717) is 25.7 Å². The minimum atomic E-state index is -0.748. The number of carbonyl (C=O) groups excluding carboxylic acids is 2. The van der Waals surface area contributed by atoms with Gasteiger partial charge in [0.25, 0.3) is 0 Å². The van der Waals surface area contributed by atoms with Gasteiger partial charge in [-0.2, -0.15) is 0 Å². The van der Waals surface area contributed by atoms with E-state index in [4.69, 9.17) is 0 Å². The van der Waals surface area contributed by atoms with Gasteiger partial charge in [-0.1, -0.05) is 5.57 Å². The van der Waals surface area contributed by atoms with Crippen LogP contribution in [0.15, 0.2) is 11.6 Å². The van der Waals surface area contributed by atoms with Crippen LogP contribution in [0.5, 0.6) is 0 Å². The lowest BCUT2D eigenvalue weighted by Crippen LogP contribution is -2.45. The number of fused-ring (bicyclic) bond motifs is 3. The molecule has 0 aliphatic heterocycles. The van der Waals surface area contributed by atoms with Gasteiger partial charge in [0.15, 0.2) is 5.78 Å². The number of hydrogen-bond donors (Lipinski definition) is 2. The molecule has 2 N–H and O–H groups in total. The van der Waals surface area contributed by atoms with Gasteiger partial charge in [0.05, 0.1) is 12.2 Å². The molecule has 5 atom stereocenters. The van der Waals surface area contributed by atoms with Crippen molar-refractivity contribution < 1.29 is 19.8 Å². The molecule has 4 heteroatoms. The van der Waals surface area contributed by atoms with E-state index in [1.54, 1.807) is 6.08 Å². The van der Waals surface area contributed by atoms with Crippen molar-refractivity contribution in [3.05, 3.63) is 11.6 Å². The Balaban J connectivity index is 1.91. The predicted molar refractivity (Wildman–Crippen MR) is 63.7 cm³/mol. The number of aliphatic hydroxyl groups excluding tert-OH is 2. The summed E-state index contributed by atoms with van der Waals surface area (Å²) in [5, 5.41) is 19.5. The van der Waals surface area contributed by atoms with E-state index in [1.807, 2.05) is 0 Å². The summed E-state index contributed by atoms with van der Waals surface area (Å²) in [4.78, 5) is 23.5. The second-order valence-corrected chi connectivity index (χ2v) is 5.85. The van der Waals surface area contributed by atoms with Crippen LogP contribution in [0.2, 0.25) is 0 Å². The Morgan fingerprint density at radius 1 is 1.06 bits per heavy atom. The molecule has 0 aromatic carbocycles. The maximum Gasteiger partial charge on any atom is 0.159 e. The molecular formula is C14H18O4. The Morgan fingerprint density at radius 2 is 1.83 bits per heavy atom. The summed E-state index contributed by atoms with van der Waals surface area (Å²) in [7, 11) is 0. The molecule has 3 aliphatic rings. The summed E-state index contributed by atoms with van der Waals surface area (Å²) in [5.74, 6) is 0.416. The van der Waals surface area contributed by atoms with E-state index < -0.39 is 12.2 Å². The van der Waals surface area contributed by atoms with Crippen molar-refractivity contribution in [2.24, 2.45) is 17.8 Å². The third kappa shape index (κ3) is 1.84. The molecule has 4 nitrogen and oxygen atoms in total. The van der Waals surface area contributed by atoms with Crippen LogP contribution in [-0.2, 0) is 9.59 Å². The summed E-state index contributed by atoms with van der Waals surface area (Å²) >= 11 is 0. The minimum absolute atomic E-state index is 0.0443. The Bertz CT molecular complexity index is 426. The van der Waals surface area contributed by atoms with Crippen LogP contribution in [0.3, 0.4) is 0 Å². The van der Waals surface area contributed by atoms with Crippen molar-refractivity contribution in [3.63, 3.8) is 0 Å². The molecule has 0 saturated heterocycles. The van der Waals surface area contributed by atoms with E-state index in [1.165, 1.54) is 0 Å². The zero-order valence-electron chi connectivity index (χ0n) is 10.2. The highest BCUT2D eigenvalue weighted by Crippen LogP contribution is 2.46. The molecule has 0 radical (unpaired) electrons. The fraction of sp³-hybridized carbons (Fsp3) is 0.714. The molecule has 0 spiro atoms. The van der Waals surface area contributed by atoms with Crippen molar-refractivity contribution >= 4 is 11.6 Å². The molecule has 98 valence electrons. The largest absolute Gasteiger partial charge is 0.390 e. The zero-order chi connectivity index (χ0) is 12.9. The summed E-state index contributed by atoms with van der Waals surface area (Å²) in [5.41, 5.74) is 0.980. The number of rotatable bonds is 0. The van der Waals surface area contributed by atoms with Gasteiger partial charge in [0, 0.05) is 18.8 Å². The topological polar surface area (TPSA) is 74.6 Å². The van der Waals surface area contributed by atoms with E-state index in [0.717, 1.165) is 12.0 Å². The average Bonchev–Trinajstić information content (AvgIpc) is 2.32. The minimum Gasteiger partial charge on any atom is -0.390 e. The molecule has 2 fully saturated rings. The van der Waals surface area contributed by atoms with Crippen LogP contribution < -0.4 is 0 Å². The maximum absolute atomic E-state index is 12.0. The van der Waals surface area contributed by atoms with Gasteiger partial charge < -0.3 is 10.2 Å². The quantitative estimate of drug-likeness (QED) is 0.660. The third-order valence-electron chi connectivity index (χ3n) is 4.79. The Kier molecular flexibility index (Phi) is 2.87. The average molecular weight is 250 g/mol. The van der Waals surface area contributed by atoms with Gasteiger partial charge in [-0.15, -0.1) is 0 Å². The Morgan fingerprint density at radius 3 is 2.61 bits per heavy atom. The van der Waals surface area contributed by atoms with Crippen LogP contribution in [0, 0.1) is 17.8 Å². The zero-order valence-corrected chi connectivity index (χ0v) is 10.2. The maximum atomic E-state index is 12.0. The molecule has 0 amide bonds. The molecule has 3 aliphatic carbocycles. The van der Waals surface area contributed by atoms with Crippen LogP contribution in [-0.4, -0.2) is 34.0 Å². The first kappa shape index (κ1) is 12.1. The summed E-state index contributed by atoms with van der Waals surface area (Å²) < 4.78 is 0. The molecule has 0 bridgehead atoms. The van der Waals surface area contributed by atoms with Crippen LogP contribution in [0.4, 0.5) is 0 Å². The fourth-order valence-corrected chi connectivity index (χ4v) is 3.82. The van der Waals surface area contributed by atoms with Crippen LogP contribution in [0.25, 0.3) is 0 Å². The highest BCUT2D eigenvalue weighted by molar-refractivity contribution is 5.97. The lowest BCUT2D eigenvalue weighted by Gasteiger charge is -2.44. The van der Waals surface area contributed by atoms with Crippen molar-refractivity contribution in [1.82, 2.24) is 0 Å². The van der Waals surface area contributed by atoms with Gasteiger partial charge in [0.1, 0.15) is 5.78 Å². The predicted octanol–water partition coefficient (Wildman–Crippen LogP) is 0.613. The normalized spacial score (nSPS) is 44.1. The molecule has 0 aromatic rings. The van der Waals surface area contributed by atoms with E-state index in [-0.39, 0.29) is 29.3 Å². The van der Waals surface area contributed by atoms with Gasteiger partial charge in [-0.3, -0.25) is 9.59 Å². The summed E-state index contributed by atoms with van der Waals surface area (Å²) in [6.07, 6.45) is 2.77. The number of ketones is 2. The second-order valence-electron chi connectivity index (χ2n) is 5.85. The third-order valence-corrected chi connectivity index (χ3v) is 4.79. The van der Waals surface area contributed by atoms with Crippen molar-refractivity contribution in [2.75, 3.05) is 0 Å². The SMILES string of the molecule is O=C1CCC2C(C1)C(=O)C=C1CC(O)C(O)CC12. The van der Waals surface area contributed by atoms with Crippen LogP contribution >= 0.6 is 0 Å². The lowest BCUT2D eigenvalue weighted by atomic mass is 9.60. The number of aliphatic hydroxyl groups is 2. The van der Waals surface area contributed by atoms with Gasteiger partial charge >= 0.3 is 0 Å². The van der Waals surface area contributed by atoms with Crippen molar-refractivity contribution in [2.45, 2.75) is 44.3 Å². The van der Waals surface area contributed by atoms with E-state index >= 15 is 0 Å². The Hall–Kier alpha value is -1.00. The number of hydrogen-bond acceptors (Lipinski definition) is 4. The second kappa shape index (κ2) is 4.28. The first-order valence-corrected chi connectivity index (χ1v) is 6.68. The number of Topliss-reactive ketones (excluding diaryl/α,β-unsaturated/α-hetero) is 1. The number of carbonyl (C=O) groups is 2. The van der Waals surface area contributed by atoms with Crippen molar-refractivity contribution in [1.29, 1.82) is 0 Å². The first-order chi connectivity index (χ1) is 8.56. The molecule has 0 heterocycles. The van der Waals surface area contributed by atoms with Gasteiger partial charge in [-0.05, 0) is 37.2 Å². The van der Waals surface area contributed by atoms with E-state index in [9.17, 15) is 19.8 Å². The van der Waals surface area contributed by atoms with Crippen molar-refractivity contribution in [3.8, 4) is 0 Å². The molecule has 0 aromatic heterocycles. The molecular weight excluding hydrogens is 232 g/mol. The summed E-state index contributed by atoms with van der Waals surface area (Å²) in [6.45, 7) is 0. The van der Waals surface area contributed by atoms with E-state index in [2.05, 4.69) is 0 Å². The highest BCUT2D eigenvalue weighted by Gasteiger charge is 2.46. The smallest absolute Gasteiger partial charge is 0.159 e. The molecule has 3 rings (SSSR count). The molecule has 5 unspecified atom stereocenters. The van der Waals surface area contributed by atoms with Crippen LogP contribution in [0.1, 0.15) is 32.1 Å². The Labute approximate surface area is 106 Å². The highest BCUT2D eigenvalue weighted by atomic mass is 16.3. The van der Waals surface area contributed by atoms with Gasteiger partial charge in [0.2, 0.25) is 0 Å². The standard InChI is InChI=1S/C14H18O4/c15-8-1-2-9-10-6-14(18)13(17)4-7(10)3-12(16)11(9)5-8/h3,9-11,13-14,17-18H,1-2,4-6H2. The molecule has 18 heavy (non-hydrogen) atoms. The summed E-state index contributed by atoms with van der Waals surface area (Å²) in [6, 6.07) is 0. The number of allylic oxidation sites excluding steroid dienone is 1. The monoisotopic (exact) mass is 250 g/mol.